The van der Waals surface area contributed by atoms with E-state index in [1.807, 2.05) is 0 Å². The van der Waals surface area contributed by atoms with Crippen LogP contribution in [-0.4, -0.2) is 41.2 Å². The summed E-state index contributed by atoms with van der Waals surface area (Å²) in [6.07, 6.45) is 0. The Morgan fingerprint density at radius 1 is 1.45 bits per heavy atom. The maximum atomic E-state index is 12.4. The number of para-hydroxylation sites is 1. The minimum absolute atomic E-state index is 0.0899. The highest BCUT2D eigenvalue weighted by Crippen LogP contribution is 2.35. The average Bonchev–Trinajstić information content (AvgIpc) is 2.47. The molecule has 0 unspecified atom stereocenters. The normalized spacial score (nSPS) is 16.3. The van der Waals surface area contributed by atoms with Gasteiger partial charge in [0.2, 0.25) is 0 Å². The van der Waals surface area contributed by atoms with Gasteiger partial charge in [-0.3, -0.25) is 4.79 Å². The molecule has 0 bridgehead atoms. The van der Waals surface area contributed by atoms with Crippen LogP contribution in [0.1, 0.15) is 0 Å². The fourth-order valence-electron chi connectivity index (χ4n) is 1.95. The first kappa shape index (κ1) is 14.7. The molecule has 1 saturated heterocycles. The number of anilines is 1. The van der Waals surface area contributed by atoms with E-state index in [4.69, 9.17) is 9.47 Å². The minimum atomic E-state index is -4.33. The molecule has 1 heterocycles. The molecular weight excluding hydrogens is 291 g/mol. The number of sulfonamides is 1. The van der Waals surface area contributed by atoms with E-state index >= 15 is 0 Å². The SMILES string of the molecule is COc1c(N2CCOCC2=O)cccc1S(=O)(=O)NF. The number of carbonyl (C=O) groups excluding carboxylic acids is 1. The maximum Gasteiger partial charge on any atom is 0.270 e. The zero-order valence-corrected chi connectivity index (χ0v) is 11.4. The van der Waals surface area contributed by atoms with E-state index in [1.165, 1.54) is 30.2 Å². The van der Waals surface area contributed by atoms with Crippen LogP contribution in [0, 0.1) is 0 Å². The lowest BCUT2D eigenvalue weighted by molar-refractivity contribution is -0.125. The number of benzene rings is 1. The van der Waals surface area contributed by atoms with Crippen molar-refractivity contribution in [3.63, 3.8) is 0 Å². The van der Waals surface area contributed by atoms with Crippen LogP contribution >= 0.6 is 0 Å². The van der Waals surface area contributed by atoms with Crippen molar-refractivity contribution < 1.29 is 27.2 Å². The van der Waals surface area contributed by atoms with Gasteiger partial charge in [0.15, 0.2) is 5.75 Å². The van der Waals surface area contributed by atoms with Crippen LogP contribution in [0.3, 0.4) is 0 Å². The van der Waals surface area contributed by atoms with Crippen molar-refractivity contribution in [1.29, 1.82) is 0 Å². The molecule has 1 fully saturated rings. The van der Waals surface area contributed by atoms with Crippen molar-refractivity contribution in [2.24, 2.45) is 0 Å². The molecule has 20 heavy (non-hydrogen) atoms. The summed E-state index contributed by atoms with van der Waals surface area (Å²) in [5, 5.41) is 0. The Kier molecular flexibility index (Phi) is 4.21. The van der Waals surface area contributed by atoms with Gasteiger partial charge in [-0.1, -0.05) is 6.07 Å². The molecule has 0 saturated carbocycles. The summed E-state index contributed by atoms with van der Waals surface area (Å²) in [4.78, 5) is 13.5. The number of ether oxygens (including phenoxy) is 2. The quantitative estimate of drug-likeness (QED) is 0.804. The molecule has 0 aliphatic carbocycles. The molecule has 9 heteroatoms. The molecule has 1 N–H and O–H groups in total. The Morgan fingerprint density at radius 2 is 2.20 bits per heavy atom. The lowest BCUT2D eigenvalue weighted by Gasteiger charge is -2.28. The summed E-state index contributed by atoms with van der Waals surface area (Å²) >= 11 is 0. The zero-order chi connectivity index (χ0) is 14.8. The van der Waals surface area contributed by atoms with E-state index in [0.717, 1.165) is 4.94 Å². The lowest BCUT2D eigenvalue weighted by Crippen LogP contribution is -2.42. The van der Waals surface area contributed by atoms with Crippen LogP contribution in [-0.2, 0) is 19.6 Å². The number of nitrogens with zero attached hydrogens (tertiary/aromatic N) is 1. The molecule has 1 aliphatic rings. The van der Waals surface area contributed by atoms with E-state index < -0.39 is 10.0 Å². The predicted molar refractivity (Wildman–Crippen MR) is 67.6 cm³/mol. The third-order valence-electron chi connectivity index (χ3n) is 2.83. The standard InChI is InChI=1S/C11H13FN2O5S/c1-18-11-8(14-5-6-19-7-10(14)15)3-2-4-9(11)20(16,17)13-12/h2-4,13H,5-7H2,1H3. The van der Waals surface area contributed by atoms with Gasteiger partial charge in [-0.15, -0.1) is 4.48 Å². The number of hydrogen-bond acceptors (Lipinski definition) is 5. The number of rotatable bonds is 4. The van der Waals surface area contributed by atoms with E-state index in [9.17, 15) is 17.7 Å². The number of amides is 1. The van der Waals surface area contributed by atoms with Crippen LogP contribution in [0.2, 0.25) is 0 Å². The highest BCUT2D eigenvalue weighted by molar-refractivity contribution is 7.89. The van der Waals surface area contributed by atoms with E-state index in [0.29, 0.717) is 6.61 Å². The molecule has 0 radical (unpaired) electrons. The highest BCUT2D eigenvalue weighted by atomic mass is 32.2. The van der Waals surface area contributed by atoms with Crippen LogP contribution in [0.5, 0.6) is 5.75 Å². The van der Waals surface area contributed by atoms with Gasteiger partial charge in [-0.25, -0.2) is 8.42 Å². The molecule has 1 aromatic carbocycles. The molecule has 1 aromatic rings. The van der Waals surface area contributed by atoms with Gasteiger partial charge in [-0.2, -0.15) is 0 Å². The second-order valence-corrected chi connectivity index (χ2v) is 5.59. The number of hydrogen-bond donors (Lipinski definition) is 1. The third kappa shape index (κ3) is 2.60. The number of carbonyl (C=O) groups is 1. The number of nitrogens with one attached hydrogen (secondary N) is 1. The molecule has 7 nitrogen and oxygen atoms in total. The lowest BCUT2D eigenvalue weighted by atomic mass is 10.2. The molecule has 0 aromatic heterocycles. The Bertz CT molecular complexity index is 619. The molecule has 1 aliphatic heterocycles. The minimum Gasteiger partial charge on any atom is -0.493 e. The topological polar surface area (TPSA) is 84.9 Å². The largest absolute Gasteiger partial charge is 0.493 e. The van der Waals surface area contributed by atoms with Gasteiger partial charge >= 0.3 is 0 Å². The monoisotopic (exact) mass is 304 g/mol. The van der Waals surface area contributed by atoms with Crippen molar-refractivity contribution in [3.8, 4) is 5.75 Å². The second kappa shape index (κ2) is 5.73. The van der Waals surface area contributed by atoms with Gasteiger partial charge in [0.05, 0.1) is 19.4 Å². The van der Waals surface area contributed by atoms with Gasteiger partial charge in [0, 0.05) is 6.54 Å². The first-order chi connectivity index (χ1) is 9.51. The summed E-state index contributed by atoms with van der Waals surface area (Å²) in [5.41, 5.74) is 0.261. The van der Waals surface area contributed by atoms with Crippen LogP contribution < -0.4 is 14.6 Å². The Hall–Kier alpha value is -1.71. The zero-order valence-electron chi connectivity index (χ0n) is 10.6. The second-order valence-electron chi connectivity index (χ2n) is 3.99. The van der Waals surface area contributed by atoms with Crippen molar-refractivity contribution in [2.75, 3.05) is 31.8 Å². The average molecular weight is 304 g/mol. The maximum absolute atomic E-state index is 12.4. The van der Waals surface area contributed by atoms with E-state index in [2.05, 4.69) is 0 Å². The summed E-state index contributed by atoms with van der Waals surface area (Å²) < 4.78 is 45.7. The van der Waals surface area contributed by atoms with Crippen molar-refractivity contribution in [3.05, 3.63) is 18.2 Å². The Balaban J connectivity index is 2.54. The summed E-state index contributed by atoms with van der Waals surface area (Å²) in [7, 11) is -3.08. The van der Waals surface area contributed by atoms with Crippen molar-refractivity contribution >= 4 is 21.6 Å². The molecular formula is C11H13FN2O5S. The molecule has 1 amide bonds. The van der Waals surface area contributed by atoms with E-state index in [-0.39, 0.29) is 35.4 Å². The Labute approximate surface area is 115 Å². The first-order valence-corrected chi connectivity index (χ1v) is 7.17. The number of morpholine rings is 1. The fourth-order valence-corrected chi connectivity index (χ4v) is 2.72. The highest BCUT2D eigenvalue weighted by Gasteiger charge is 2.28. The molecule has 110 valence electrons. The number of halogens is 1. The van der Waals surface area contributed by atoms with Crippen molar-refractivity contribution in [1.82, 2.24) is 4.94 Å². The van der Waals surface area contributed by atoms with E-state index in [1.54, 1.807) is 0 Å². The van der Waals surface area contributed by atoms with Gasteiger partial charge in [0.1, 0.15) is 11.5 Å². The third-order valence-corrected chi connectivity index (χ3v) is 3.93. The van der Waals surface area contributed by atoms with Gasteiger partial charge in [-0.05, 0) is 17.1 Å². The van der Waals surface area contributed by atoms with Crippen LogP contribution in [0.25, 0.3) is 0 Å². The predicted octanol–water partition coefficient (Wildman–Crippen LogP) is 0.221. The Morgan fingerprint density at radius 3 is 2.80 bits per heavy atom. The van der Waals surface area contributed by atoms with Crippen LogP contribution in [0.15, 0.2) is 23.1 Å². The van der Waals surface area contributed by atoms with Crippen LogP contribution in [0.4, 0.5) is 10.2 Å². The fraction of sp³-hybridized carbons (Fsp3) is 0.364. The first-order valence-electron chi connectivity index (χ1n) is 5.69. The summed E-state index contributed by atoms with van der Waals surface area (Å²) in [5.74, 6) is -0.412. The smallest absolute Gasteiger partial charge is 0.270 e. The van der Waals surface area contributed by atoms with Gasteiger partial charge in [0.25, 0.3) is 15.9 Å². The van der Waals surface area contributed by atoms with Crippen molar-refractivity contribution in [2.45, 2.75) is 4.90 Å². The molecule has 2 rings (SSSR count). The summed E-state index contributed by atoms with van der Waals surface area (Å²) in [6, 6.07) is 4.12. The molecule has 0 atom stereocenters. The number of methoxy groups -OCH3 is 1. The van der Waals surface area contributed by atoms with Gasteiger partial charge < -0.3 is 14.4 Å². The molecule has 0 spiro atoms. The summed E-state index contributed by atoms with van der Waals surface area (Å²) in [6.45, 7) is 0.497.